The van der Waals surface area contributed by atoms with Gasteiger partial charge in [-0.25, -0.2) is 9.97 Å². The Kier molecular flexibility index (Phi) is 4.28. The van der Waals surface area contributed by atoms with Gasteiger partial charge in [0.05, 0.1) is 7.11 Å². The van der Waals surface area contributed by atoms with Gasteiger partial charge in [-0.05, 0) is 12.1 Å². The molecule has 0 spiro atoms. The molecule has 1 aromatic heterocycles. The number of ether oxygens (including phenoxy) is 1. The van der Waals surface area contributed by atoms with Crippen LogP contribution < -0.4 is 10.6 Å². The molecule has 0 unspecified atom stereocenters. The van der Waals surface area contributed by atoms with Gasteiger partial charge in [-0.2, -0.15) is 0 Å². The van der Waals surface area contributed by atoms with E-state index < -0.39 is 0 Å². The Morgan fingerprint density at radius 3 is 2.68 bits per heavy atom. The summed E-state index contributed by atoms with van der Waals surface area (Å²) in [7, 11) is 1.34. The minimum atomic E-state index is -0.351. The molecule has 6 nitrogen and oxygen atoms in total. The summed E-state index contributed by atoms with van der Waals surface area (Å²) >= 11 is 0. The Morgan fingerprint density at radius 1 is 1.21 bits per heavy atom. The standard InChI is InChI=1S/C13H14N4O2/c1-19-13(18)8-14-11-7-12(16-9-15-11)17-10-5-3-2-4-6-10/h2-7,9H,8H2,1H3,(H2,14,15,16,17). The Hall–Kier alpha value is -2.63. The summed E-state index contributed by atoms with van der Waals surface area (Å²) in [4.78, 5) is 19.1. The van der Waals surface area contributed by atoms with Crippen LogP contribution in [0.25, 0.3) is 0 Å². The summed E-state index contributed by atoms with van der Waals surface area (Å²) in [5.41, 5.74) is 0.931. The maximum absolute atomic E-state index is 11.0. The monoisotopic (exact) mass is 258 g/mol. The van der Waals surface area contributed by atoms with Crippen LogP contribution in [0.15, 0.2) is 42.7 Å². The lowest BCUT2D eigenvalue weighted by Crippen LogP contribution is -2.15. The highest BCUT2D eigenvalue weighted by Gasteiger charge is 2.02. The van der Waals surface area contributed by atoms with E-state index in [2.05, 4.69) is 25.3 Å². The second-order valence-corrected chi connectivity index (χ2v) is 3.71. The average molecular weight is 258 g/mol. The third kappa shape index (κ3) is 3.95. The summed E-state index contributed by atoms with van der Waals surface area (Å²) in [6.07, 6.45) is 1.42. The molecule has 0 bridgehead atoms. The highest BCUT2D eigenvalue weighted by molar-refractivity contribution is 5.74. The largest absolute Gasteiger partial charge is 0.468 e. The molecule has 2 N–H and O–H groups in total. The molecule has 1 aromatic carbocycles. The van der Waals surface area contributed by atoms with Crippen molar-refractivity contribution in [2.75, 3.05) is 24.3 Å². The molecular formula is C13H14N4O2. The van der Waals surface area contributed by atoms with Gasteiger partial charge in [-0.1, -0.05) is 18.2 Å². The number of methoxy groups -OCH3 is 1. The second-order valence-electron chi connectivity index (χ2n) is 3.71. The molecule has 2 aromatic rings. The molecule has 0 fully saturated rings. The maximum Gasteiger partial charge on any atom is 0.325 e. The molecule has 1 heterocycles. The lowest BCUT2D eigenvalue weighted by atomic mass is 10.3. The first-order valence-corrected chi connectivity index (χ1v) is 5.73. The molecule has 0 saturated heterocycles. The zero-order valence-electron chi connectivity index (χ0n) is 10.5. The molecule has 0 radical (unpaired) electrons. The van der Waals surface area contributed by atoms with Crippen molar-refractivity contribution in [2.24, 2.45) is 0 Å². The Labute approximate surface area is 110 Å². The van der Waals surface area contributed by atoms with Crippen molar-refractivity contribution in [1.29, 1.82) is 0 Å². The average Bonchev–Trinajstić information content (AvgIpc) is 2.46. The van der Waals surface area contributed by atoms with E-state index in [-0.39, 0.29) is 12.5 Å². The van der Waals surface area contributed by atoms with Gasteiger partial charge < -0.3 is 15.4 Å². The fraction of sp³-hybridized carbons (Fsp3) is 0.154. The lowest BCUT2D eigenvalue weighted by molar-refractivity contribution is -0.138. The van der Waals surface area contributed by atoms with Gasteiger partial charge in [0.25, 0.3) is 0 Å². The quantitative estimate of drug-likeness (QED) is 0.796. The molecule has 6 heteroatoms. The van der Waals surface area contributed by atoms with Crippen LogP contribution in [0.5, 0.6) is 0 Å². The van der Waals surface area contributed by atoms with Crippen LogP contribution in [0.3, 0.4) is 0 Å². The molecule has 0 atom stereocenters. The zero-order valence-corrected chi connectivity index (χ0v) is 10.5. The van der Waals surface area contributed by atoms with Crippen LogP contribution in [0, 0.1) is 0 Å². The fourth-order valence-electron chi connectivity index (χ4n) is 1.43. The number of anilines is 3. The minimum absolute atomic E-state index is 0.0677. The number of carbonyl (C=O) groups excluding carboxylic acids is 1. The first kappa shape index (κ1) is 12.8. The molecule has 0 aliphatic heterocycles. The highest BCUT2D eigenvalue weighted by Crippen LogP contribution is 2.15. The number of aromatic nitrogens is 2. The van der Waals surface area contributed by atoms with Gasteiger partial charge in [-0.15, -0.1) is 0 Å². The van der Waals surface area contributed by atoms with Crippen molar-refractivity contribution in [3.05, 3.63) is 42.7 Å². The number of esters is 1. The fourth-order valence-corrected chi connectivity index (χ4v) is 1.43. The predicted octanol–water partition coefficient (Wildman–Crippen LogP) is 1.81. The van der Waals surface area contributed by atoms with Crippen LogP contribution in [0.4, 0.5) is 17.3 Å². The molecule has 2 rings (SSSR count). The third-order valence-corrected chi connectivity index (χ3v) is 2.35. The minimum Gasteiger partial charge on any atom is -0.468 e. The SMILES string of the molecule is COC(=O)CNc1cc(Nc2ccccc2)ncn1. The molecule has 0 aliphatic carbocycles. The number of para-hydroxylation sites is 1. The second kappa shape index (κ2) is 6.34. The summed E-state index contributed by atoms with van der Waals surface area (Å²) in [5, 5.41) is 5.99. The molecule has 98 valence electrons. The van der Waals surface area contributed by atoms with Gasteiger partial charge in [-0.3, -0.25) is 4.79 Å². The van der Waals surface area contributed by atoms with Crippen molar-refractivity contribution in [3.8, 4) is 0 Å². The Bertz CT molecular complexity index is 545. The van der Waals surface area contributed by atoms with Crippen LogP contribution >= 0.6 is 0 Å². The summed E-state index contributed by atoms with van der Waals surface area (Å²) < 4.78 is 4.54. The van der Waals surface area contributed by atoms with Crippen LogP contribution in [0.2, 0.25) is 0 Å². The van der Waals surface area contributed by atoms with Gasteiger partial charge in [0.1, 0.15) is 24.5 Å². The van der Waals surface area contributed by atoms with E-state index in [1.165, 1.54) is 13.4 Å². The lowest BCUT2D eigenvalue weighted by Gasteiger charge is -2.07. The predicted molar refractivity (Wildman–Crippen MR) is 72.3 cm³/mol. The number of nitrogens with one attached hydrogen (secondary N) is 2. The Morgan fingerprint density at radius 2 is 1.95 bits per heavy atom. The normalized spacial score (nSPS) is 9.74. The van der Waals surface area contributed by atoms with E-state index in [0.717, 1.165) is 5.69 Å². The first-order valence-electron chi connectivity index (χ1n) is 5.73. The highest BCUT2D eigenvalue weighted by atomic mass is 16.5. The number of benzene rings is 1. The van der Waals surface area contributed by atoms with Crippen molar-refractivity contribution in [2.45, 2.75) is 0 Å². The summed E-state index contributed by atoms with van der Waals surface area (Å²) in [6.45, 7) is 0.0677. The molecule has 0 aliphatic rings. The molecule has 19 heavy (non-hydrogen) atoms. The van der Waals surface area contributed by atoms with E-state index in [9.17, 15) is 4.79 Å². The number of hydrogen-bond acceptors (Lipinski definition) is 6. The van der Waals surface area contributed by atoms with Gasteiger partial charge in [0, 0.05) is 11.8 Å². The van der Waals surface area contributed by atoms with E-state index in [4.69, 9.17) is 0 Å². The number of hydrogen-bond donors (Lipinski definition) is 2. The van der Waals surface area contributed by atoms with Crippen molar-refractivity contribution >= 4 is 23.3 Å². The van der Waals surface area contributed by atoms with Gasteiger partial charge >= 0.3 is 5.97 Å². The van der Waals surface area contributed by atoms with Gasteiger partial charge in [0.15, 0.2) is 0 Å². The number of carbonyl (C=O) groups is 1. The van der Waals surface area contributed by atoms with E-state index >= 15 is 0 Å². The van der Waals surface area contributed by atoms with Crippen molar-refractivity contribution in [1.82, 2.24) is 9.97 Å². The van der Waals surface area contributed by atoms with Crippen molar-refractivity contribution in [3.63, 3.8) is 0 Å². The van der Waals surface area contributed by atoms with Crippen LogP contribution in [-0.4, -0.2) is 29.6 Å². The van der Waals surface area contributed by atoms with E-state index in [0.29, 0.717) is 11.6 Å². The van der Waals surface area contributed by atoms with Gasteiger partial charge in [0.2, 0.25) is 0 Å². The molecular weight excluding hydrogens is 244 g/mol. The zero-order chi connectivity index (χ0) is 13.5. The van der Waals surface area contributed by atoms with Crippen LogP contribution in [-0.2, 0) is 9.53 Å². The topological polar surface area (TPSA) is 76.1 Å². The van der Waals surface area contributed by atoms with Crippen LogP contribution in [0.1, 0.15) is 0 Å². The maximum atomic E-state index is 11.0. The van der Waals surface area contributed by atoms with E-state index in [1.807, 2.05) is 30.3 Å². The van der Waals surface area contributed by atoms with Crippen molar-refractivity contribution < 1.29 is 9.53 Å². The summed E-state index contributed by atoms with van der Waals surface area (Å²) in [6, 6.07) is 11.4. The summed E-state index contributed by atoms with van der Waals surface area (Å²) in [5.74, 6) is 0.851. The van der Waals surface area contributed by atoms with E-state index in [1.54, 1.807) is 6.07 Å². The third-order valence-electron chi connectivity index (χ3n) is 2.35. The Balaban J connectivity index is 2.01. The molecule has 0 saturated carbocycles. The number of rotatable bonds is 5. The first-order chi connectivity index (χ1) is 9.28. The molecule has 0 amide bonds. The smallest absolute Gasteiger partial charge is 0.325 e. The number of nitrogens with zero attached hydrogens (tertiary/aromatic N) is 2.